The number of alkyl halides is 3. The lowest BCUT2D eigenvalue weighted by atomic mass is 10.1. The highest BCUT2D eigenvalue weighted by Crippen LogP contribution is 2.37. The lowest BCUT2D eigenvalue weighted by Crippen LogP contribution is -2.14. The highest BCUT2D eigenvalue weighted by molar-refractivity contribution is 7.12. The molecule has 1 fully saturated rings. The van der Waals surface area contributed by atoms with Crippen LogP contribution in [0.15, 0.2) is 30.3 Å². The van der Waals surface area contributed by atoms with Crippen molar-refractivity contribution in [1.82, 2.24) is 10.3 Å². The number of hydrogen-bond acceptors (Lipinski definition) is 3. The molecule has 1 saturated carbocycles. The number of nitrogens with zero attached hydrogens (tertiary/aromatic N) is 1. The molecule has 0 atom stereocenters. The first kappa shape index (κ1) is 13.6. The molecular weight excluding hydrogens is 285 g/mol. The molecule has 2 nitrogen and oxygen atoms in total. The molecule has 3 rings (SSSR count). The average Bonchev–Trinajstić information content (AvgIpc) is 3.14. The van der Waals surface area contributed by atoms with Crippen LogP contribution in [0, 0.1) is 0 Å². The highest BCUT2D eigenvalue weighted by atomic mass is 32.1. The van der Waals surface area contributed by atoms with E-state index in [-0.39, 0.29) is 0 Å². The highest BCUT2D eigenvalue weighted by Gasteiger charge is 2.36. The molecule has 106 valence electrons. The Morgan fingerprint density at radius 2 is 1.90 bits per heavy atom. The van der Waals surface area contributed by atoms with Crippen molar-refractivity contribution in [3.05, 3.63) is 40.2 Å². The number of halogens is 3. The van der Waals surface area contributed by atoms with E-state index in [1.165, 1.54) is 0 Å². The number of aromatic nitrogens is 1. The van der Waals surface area contributed by atoms with Gasteiger partial charge in [-0.2, -0.15) is 13.2 Å². The summed E-state index contributed by atoms with van der Waals surface area (Å²) in [6, 6.07) is 9.48. The van der Waals surface area contributed by atoms with Crippen molar-refractivity contribution in [2.75, 3.05) is 0 Å². The third kappa shape index (κ3) is 3.02. The average molecular weight is 298 g/mol. The molecule has 0 bridgehead atoms. The molecule has 0 unspecified atom stereocenters. The van der Waals surface area contributed by atoms with Gasteiger partial charge in [0.2, 0.25) is 0 Å². The van der Waals surface area contributed by atoms with Crippen molar-refractivity contribution < 1.29 is 13.2 Å². The number of benzene rings is 1. The van der Waals surface area contributed by atoms with Crippen molar-refractivity contribution in [1.29, 1.82) is 0 Å². The number of rotatable bonds is 4. The van der Waals surface area contributed by atoms with Crippen LogP contribution < -0.4 is 5.32 Å². The molecule has 1 aromatic carbocycles. The van der Waals surface area contributed by atoms with E-state index in [4.69, 9.17) is 0 Å². The minimum Gasteiger partial charge on any atom is -0.309 e. The molecular formula is C14H13F3N2S. The largest absolute Gasteiger partial charge is 0.443 e. The molecule has 1 N–H and O–H groups in total. The van der Waals surface area contributed by atoms with Gasteiger partial charge < -0.3 is 5.32 Å². The fraction of sp³-hybridized carbons (Fsp3) is 0.357. The van der Waals surface area contributed by atoms with Crippen LogP contribution >= 0.6 is 11.3 Å². The second-order valence-corrected chi connectivity index (χ2v) is 5.89. The van der Waals surface area contributed by atoms with Crippen molar-refractivity contribution in [2.24, 2.45) is 0 Å². The maximum Gasteiger partial charge on any atom is 0.443 e. The third-order valence-electron chi connectivity index (χ3n) is 3.12. The van der Waals surface area contributed by atoms with Crippen LogP contribution in [0.2, 0.25) is 0 Å². The summed E-state index contributed by atoms with van der Waals surface area (Å²) in [6.45, 7) is 0.447. The first-order valence-corrected chi connectivity index (χ1v) is 7.21. The summed E-state index contributed by atoms with van der Waals surface area (Å²) in [7, 11) is 0. The fourth-order valence-corrected chi connectivity index (χ4v) is 2.84. The fourth-order valence-electron chi connectivity index (χ4n) is 1.94. The van der Waals surface area contributed by atoms with Gasteiger partial charge in [-0.15, -0.1) is 11.3 Å². The molecule has 2 aromatic rings. The normalized spacial score (nSPS) is 15.6. The van der Waals surface area contributed by atoms with Crippen LogP contribution in [0.5, 0.6) is 0 Å². The first-order chi connectivity index (χ1) is 9.54. The summed E-state index contributed by atoms with van der Waals surface area (Å²) in [5.74, 6) is 0. The van der Waals surface area contributed by atoms with Gasteiger partial charge in [-0.25, -0.2) is 4.98 Å². The SMILES string of the molecule is FC(F)(F)c1nc(-c2ccccc2)c(CNC2CC2)s1. The Bertz CT molecular complexity index is 588. The van der Waals surface area contributed by atoms with Crippen LogP contribution in [0.4, 0.5) is 13.2 Å². The Morgan fingerprint density at radius 1 is 1.20 bits per heavy atom. The summed E-state index contributed by atoms with van der Waals surface area (Å²) >= 11 is 0.732. The van der Waals surface area contributed by atoms with E-state index in [9.17, 15) is 13.2 Å². The van der Waals surface area contributed by atoms with E-state index in [1.807, 2.05) is 6.07 Å². The zero-order valence-electron chi connectivity index (χ0n) is 10.6. The summed E-state index contributed by atoms with van der Waals surface area (Å²) in [4.78, 5) is 4.45. The van der Waals surface area contributed by atoms with E-state index in [0.29, 0.717) is 23.2 Å². The van der Waals surface area contributed by atoms with Crippen molar-refractivity contribution in [3.8, 4) is 11.3 Å². The standard InChI is InChI=1S/C14H13F3N2S/c15-14(16,17)13-19-12(9-4-2-1-3-5-9)11(20-13)8-18-10-6-7-10/h1-5,10,18H,6-8H2. The molecule has 0 saturated heterocycles. The van der Waals surface area contributed by atoms with Gasteiger partial charge in [-0.3, -0.25) is 0 Å². The Hall–Kier alpha value is -1.40. The van der Waals surface area contributed by atoms with Crippen LogP contribution in [0.3, 0.4) is 0 Å². The molecule has 1 aliphatic carbocycles. The Kier molecular flexibility index (Phi) is 3.52. The smallest absolute Gasteiger partial charge is 0.309 e. The topological polar surface area (TPSA) is 24.9 Å². The molecule has 20 heavy (non-hydrogen) atoms. The number of hydrogen-bond donors (Lipinski definition) is 1. The predicted molar refractivity (Wildman–Crippen MR) is 72.4 cm³/mol. The van der Waals surface area contributed by atoms with Gasteiger partial charge >= 0.3 is 6.18 Å². The van der Waals surface area contributed by atoms with E-state index >= 15 is 0 Å². The van der Waals surface area contributed by atoms with E-state index < -0.39 is 11.2 Å². The van der Waals surface area contributed by atoms with Gasteiger partial charge in [0.25, 0.3) is 0 Å². The molecule has 0 spiro atoms. The molecule has 0 radical (unpaired) electrons. The Morgan fingerprint density at radius 3 is 2.50 bits per heavy atom. The van der Waals surface area contributed by atoms with Crippen LogP contribution in [-0.4, -0.2) is 11.0 Å². The van der Waals surface area contributed by atoms with E-state index in [2.05, 4.69) is 10.3 Å². The lowest BCUT2D eigenvalue weighted by molar-refractivity contribution is -0.137. The summed E-state index contributed by atoms with van der Waals surface area (Å²) < 4.78 is 38.5. The van der Waals surface area contributed by atoms with E-state index in [1.54, 1.807) is 24.3 Å². The molecule has 1 heterocycles. The first-order valence-electron chi connectivity index (χ1n) is 6.40. The zero-order chi connectivity index (χ0) is 14.2. The lowest BCUT2D eigenvalue weighted by Gasteiger charge is -2.03. The van der Waals surface area contributed by atoms with Gasteiger partial charge in [0.15, 0.2) is 5.01 Å². The van der Waals surface area contributed by atoms with Crippen molar-refractivity contribution in [3.63, 3.8) is 0 Å². The molecule has 0 aliphatic heterocycles. The minimum absolute atomic E-state index is 0.441. The molecule has 0 amide bonds. The monoisotopic (exact) mass is 298 g/mol. The van der Waals surface area contributed by atoms with Crippen LogP contribution in [0.25, 0.3) is 11.3 Å². The quantitative estimate of drug-likeness (QED) is 0.920. The van der Waals surface area contributed by atoms with Gasteiger partial charge in [0.05, 0.1) is 5.69 Å². The summed E-state index contributed by atoms with van der Waals surface area (Å²) in [5.41, 5.74) is 1.17. The van der Waals surface area contributed by atoms with Crippen LogP contribution in [0.1, 0.15) is 22.7 Å². The minimum atomic E-state index is -4.38. The van der Waals surface area contributed by atoms with E-state index in [0.717, 1.165) is 29.7 Å². The second kappa shape index (κ2) is 5.18. The summed E-state index contributed by atoms with van der Waals surface area (Å²) in [5, 5.41) is 2.48. The van der Waals surface area contributed by atoms with Gasteiger partial charge in [-0.05, 0) is 12.8 Å². The molecule has 6 heteroatoms. The number of nitrogens with one attached hydrogen (secondary N) is 1. The van der Waals surface area contributed by atoms with Crippen LogP contribution in [-0.2, 0) is 12.7 Å². The number of thiazole rings is 1. The third-order valence-corrected chi connectivity index (χ3v) is 4.22. The van der Waals surface area contributed by atoms with Crippen molar-refractivity contribution >= 4 is 11.3 Å². The second-order valence-electron chi connectivity index (χ2n) is 4.81. The van der Waals surface area contributed by atoms with Gasteiger partial charge in [0.1, 0.15) is 0 Å². The van der Waals surface area contributed by atoms with Crippen molar-refractivity contribution in [2.45, 2.75) is 31.6 Å². The molecule has 1 aliphatic rings. The Balaban J connectivity index is 1.94. The maximum absolute atomic E-state index is 12.8. The van der Waals surface area contributed by atoms with Gasteiger partial charge in [-0.1, -0.05) is 30.3 Å². The molecule has 1 aromatic heterocycles. The maximum atomic E-state index is 12.8. The summed E-state index contributed by atoms with van der Waals surface area (Å²) in [6.07, 6.45) is -2.18. The Labute approximate surface area is 118 Å². The van der Waals surface area contributed by atoms with Gasteiger partial charge in [0, 0.05) is 23.0 Å². The zero-order valence-corrected chi connectivity index (χ0v) is 11.4. The predicted octanol–water partition coefficient (Wildman–Crippen LogP) is 4.08.